The summed E-state index contributed by atoms with van der Waals surface area (Å²) in [7, 11) is 0. The van der Waals surface area contributed by atoms with E-state index in [1.165, 1.54) is 4.90 Å². The molecule has 13 heavy (non-hydrogen) atoms. The Labute approximate surface area is 76.9 Å². The van der Waals surface area contributed by atoms with Gasteiger partial charge in [0.05, 0.1) is 25.4 Å². The predicted molar refractivity (Wildman–Crippen MR) is 45.2 cm³/mol. The highest BCUT2D eigenvalue weighted by atomic mass is 16.6. The number of ether oxygens (including phenoxy) is 1. The van der Waals surface area contributed by atoms with E-state index in [-0.39, 0.29) is 6.61 Å². The van der Waals surface area contributed by atoms with Gasteiger partial charge < -0.3 is 19.8 Å². The quantitative estimate of drug-likeness (QED) is 0.632. The van der Waals surface area contributed by atoms with E-state index < -0.39 is 18.2 Å². The summed E-state index contributed by atoms with van der Waals surface area (Å²) >= 11 is 0. The van der Waals surface area contributed by atoms with Gasteiger partial charge >= 0.3 is 6.09 Å². The molecular weight excluding hydrogens is 174 g/mol. The van der Waals surface area contributed by atoms with E-state index in [0.29, 0.717) is 13.2 Å². The van der Waals surface area contributed by atoms with E-state index in [4.69, 9.17) is 9.84 Å². The van der Waals surface area contributed by atoms with E-state index in [1.54, 1.807) is 6.92 Å². The van der Waals surface area contributed by atoms with E-state index >= 15 is 0 Å². The van der Waals surface area contributed by atoms with Gasteiger partial charge in [-0.25, -0.2) is 4.79 Å². The molecule has 1 amide bonds. The van der Waals surface area contributed by atoms with Crippen LogP contribution in [0, 0.1) is 0 Å². The fourth-order valence-corrected chi connectivity index (χ4v) is 1.30. The Morgan fingerprint density at radius 1 is 1.69 bits per heavy atom. The van der Waals surface area contributed by atoms with Crippen LogP contribution in [0.15, 0.2) is 0 Å². The second-order valence-electron chi connectivity index (χ2n) is 3.15. The Morgan fingerprint density at radius 2 is 2.38 bits per heavy atom. The van der Waals surface area contributed by atoms with Gasteiger partial charge in [0.25, 0.3) is 0 Å². The van der Waals surface area contributed by atoms with E-state index in [1.807, 2.05) is 0 Å². The van der Waals surface area contributed by atoms with Crippen LogP contribution in [-0.2, 0) is 4.74 Å². The minimum absolute atomic E-state index is 0.342. The standard InChI is InChI=1S/C8H15NO4/c1-6(7(11)5-10)9-3-2-4-13-8(9)12/h6-7,10-11H,2-5H2,1H3. The molecule has 0 aromatic carbocycles. The zero-order valence-corrected chi connectivity index (χ0v) is 7.64. The number of carbonyl (C=O) groups excluding carboxylic acids is 1. The van der Waals surface area contributed by atoms with Crippen LogP contribution < -0.4 is 0 Å². The Hall–Kier alpha value is -0.810. The molecule has 1 saturated heterocycles. The third-order valence-corrected chi connectivity index (χ3v) is 2.24. The highest BCUT2D eigenvalue weighted by molar-refractivity contribution is 5.68. The molecule has 2 N–H and O–H groups in total. The van der Waals surface area contributed by atoms with Gasteiger partial charge in [0.15, 0.2) is 0 Å². The molecule has 5 nitrogen and oxygen atoms in total. The fraction of sp³-hybridized carbons (Fsp3) is 0.875. The first kappa shape index (κ1) is 10.3. The van der Waals surface area contributed by atoms with E-state index in [9.17, 15) is 9.90 Å². The molecule has 1 heterocycles. The van der Waals surface area contributed by atoms with Gasteiger partial charge in [0, 0.05) is 6.54 Å². The molecule has 2 unspecified atom stereocenters. The van der Waals surface area contributed by atoms with Gasteiger partial charge in [0.2, 0.25) is 0 Å². The minimum atomic E-state index is -0.898. The van der Waals surface area contributed by atoms with Gasteiger partial charge in [0.1, 0.15) is 0 Å². The van der Waals surface area contributed by atoms with Gasteiger partial charge in [-0.05, 0) is 13.3 Å². The molecule has 5 heteroatoms. The Balaban J connectivity index is 2.53. The minimum Gasteiger partial charge on any atom is -0.449 e. The van der Waals surface area contributed by atoms with Crippen molar-refractivity contribution in [2.45, 2.75) is 25.5 Å². The van der Waals surface area contributed by atoms with Gasteiger partial charge in [-0.3, -0.25) is 0 Å². The third kappa shape index (κ3) is 2.32. The molecule has 0 saturated carbocycles. The average molecular weight is 189 g/mol. The molecule has 1 fully saturated rings. The number of carbonyl (C=O) groups is 1. The van der Waals surface area contributed by atoms with Crippen LogP contribution in [0.5, 0.6) is 0 Å². The smallest absolute Gasteiger partial charge is 0.410 e. The van der Waals surface area contributed by atoms with Crippen molar-refractivity contribution in [1.29, 1.82) is 0 Å². The summed E-state index contributed by atoms with van der Waals surface area (Å²) in [6, 6.07) is -0.391. The fourth-order valence-electron chi connectivity index (χ4n) is 1.30. The van der Waals surface area contributed by atoms with E-state index in [2.05, 4.69) is 0 Å². The Bertz CT molecular complexity index is 185. The number of amides is 1. The molecule has 0 bridgehead atoms. The lowest BCUT2D eigenvalue weighted by Crippen LogP contribution is -2.49. The summed E-state index contributed by atoms with van der Waals surface area (Å²) in [6.45, 7) is 2.37. The highest BCUT2D eigenvalue weighted by Crippen LogP contribution is 2.11. The Kier molecular flexibility index (Phi) is 3.50. The molecular formula is C8H15NO4. The number of aliphatic hydroxyl groups excluding tert-OH is 2. The van der Waals surface area contributed by atoms with Crippen LogP contribution in [0.3, 0.4) is 0 Å². The predicted octanol–water partition coefficient (Wildman–Crippen LogP) is -0.430. The monoisotopic (exact) mass is 189 g/mol. The number of aliphatic hydroxyl groups is 2. The van der Waals surface area contributed by atoms with Crippen LogP contribution in [-0.4, -0.2) is 53.1 Å². The first-order chi connectivity index (χ1) is 6.16. The summed E-state index contributed by atoms with van der Waals surface area (Å²) < 4.78 is 4.80. The van der Waals surface area contributed by atoms with Crippen molar-refractivity contribution in [2.75, 3.05) is 19.8 Å². The lowest BCUT2D eigenvalue weighted by atomic mass is 10.1. The van der Waals surface area contributed by atoms with Gasteiger partial charge in [-0.15, -0.1) is 0 Å². The highest BCUT2D eigenvalue weighted by Gasteiger charge is 2.28. The molecule has 0 spiro atoms. The zero-order valence-electron chi connectivity index (χ0n) is 7.64. The summed E-state index contributed by atoms with van der Waals surface area (Å²) in [5, 5.41) is 18.0. The maximum Gasteiger partial charge on any atom is 0.410 e. The normalized spacial score (nSPS) is 22.4. The number of hydrogen-bond donors (Lipinski definition) is 2. The van der Waals surface area contributed by atoms with Crippen LogP contribution in [0.25, 0.3) is 0 Å². The van der Waals surface area contributed by atoms with Gasteiger partial charge in [-0.1, -0.05) is 0 Å². The summed E-state index contributed by atoms with van der Waals surface area (Å²) in [6.07, 6.45) is -0.536. The van der Waals surface area contributed by atoms with Crippen molar-refractivity contribution in [3.05, 3.63) is 0 Å². The molecule has 0 radical (unpaired) electrons. The maximum atomic E-state index is 11.2. The molecule has 1 aliphatic heterocycles. The maximum absolute atomic E-state index is 11.2. The molecule has 1 rings (SSSR count). The lowest BCUT2D eigenvalue weighted by Gasteiger charge is -2.33. The Morgan fingerprint density at radius 3 is 2.92 bits per heavy atom. The summed E-state index contributed by atoms with van der Waals surface area (Å²) in [5.41, 5.74) is 0. The van der Waals surface area contributed by atoms with Crippen molar-refractivity contribution in [3.63, 3.8) is 0 Å². The molecule has 1 aliphatic rings. The SMILES string of the molecule is CC(C(O)CO)N1CCCOC1=O. The largest absolute Gasteiger partial charge is 0.449 e. The lowest BCUT2D eigenvalue weighted by molar-refractivity contribution is -0.00246. The zero-order chi connectivity index (χ0) is 9.84. The van der Waals surface area contributed by atoms with Crippen molar-refractivity contribution in [2.24, 2.45) is 0 Å². The van der Waals surface area contributed by atoms with Crippen molar-refractivity contribution in [3.8, 4) is 0 Å². The summed E-state index contributed by atoms with van der Waals surface area (Å²) in [5.74, 6) is 0. The topological polar surface area (TPSA) is 70.0 Å². The molecule has 2 atom stereocenters. The first-order valence-corrected chi connectivity index (χ1v) is 4.39. The van der Waals surface area contributed by atoms with Crippen LogP contribution in [0.2, 0.25) is 0 Å². The van der Waals surface area contributed by atoms with E-state index in [0.717, 1.165) is 6.42 Å². The molecule has 0 aromatic rings. The number of rotatable bonds is 3. The first-order valence-electron chi connectivity index (χ1n) is 4.39. The molecule has 0 aliphatic carbocycles. The van der Waals surface area contributed by atoms with Crippen LogP contribution in [0.1, 0.15) is 13.3 Å². The number of cyclic esters (lactones) is 1. The van der Waals surface area contributed by atoms with Crippen LogP contribution in [0.4, 0.5) is 4.79 Å². The molecule has 0 aromatic heterocycles. The van der Waals surface area contributed by atoms with Crippen molar-refractivity contribution in [1.82, 2.24) is 4.90 Å². The van der Waals surface area contributed by atoms with Crippen molar-refractivity contribution < 1.29 is 19.7 Å². The second-order valence-corrected chi connectivity index (χ2v) is 3.15. The second kappa shape index (κ2) is 4.43. The van der Waals surface area contributed by atoms with Gasteiger partial charge in [-0.2, -0.15) is 0 Å². The van der Waals surface area contributed by atoms with Crippen molar-refractivity contribution >= 4 is 6.09 Å². The van der Waals surface area contributed by atoms with Crippen LogP contribution >= 0.6 is 0 Å². The third-order valence-electron chi connectivity index (χ3n) is 2.24. The number of nitrogens with zero attached hydrogens (tertiary/aromatic N) is 1. The number of hydrogen-bond acceptors (Lipinski definition) is 4. The summed E-state index contributed by atoms with van der Waals surface area (Å²) in [4.78, 5) is 12.6. The molecule has 76 valence electrons. The average Bonchev–Trinajstić information content (AvgIpc) is 2.16.